The van der Waals surface area contributed by atoms with Gasteiger partial charge in [0.25, 0.3) is 17.4 Å². The molecule has 6 heterocycles. The highest BCUT2D eigenvalue weighted by atomic mass is 19.1. The Morgan fingerprint density at radius 3 is 2.21 bits per heavy atom. The molecule has 5 aliphatic rings. The first-order valence-electron chi connectivity index (χ1n) is 29.9. The number of benzene rings is 1. The molecule has 0 radical (unpaired) electrons. The number of ether oxygens (including phenoxy) is 3. The summed E-state index contributed by atoms with van der Waals surface area (Å²) in [6, 6.07) is -3.16. The van der Waals surface area contributed by atoms with Gasteiger partial charge >= 0.3 is 12.0 Å². The average Bonchev–Trinajstić information content (AvgIpc) is 1.47. The fourth-order valence-electron chi connectivity index (χ4n) is 11.7. The molecule has 1 fully saturated rings. The molecule has 1 aliphatic carbocycles. The summed E-state index contributed by atoms with van der Waals surface area (Å²) in [7, 11) is 0. The largest absolute Gasteiger partial charge is 0.458 e. The second-order valence-electron chi connectivity index (χ2n) is 23.3. The van der Waals surface area contributed by atoms with E-state index in [-0.39, 0.29) is 80.8 Å². The summed E-state index contributed by atoms with van der Waals surface area (Å²) in [5.41, 5.74) is 11.0. The van der Waals surface area contributed by atoms with Gasteiger partial charge in [-0.05, 0) is 74.1 Å². The van der Waals surface area contributed by atoms with Crippen molar-refractivity contribution in [3.8, 4) is 11.4 Å². The van der Waals surface area contributed by atoms with Gasteiger partial charge in [-0.3, -0.25) is 57.6 Å². The SMILES string of the molecule is CC[C@@]1(O)C(=O)OCc2c1cc1n(c2=O)Cc2c-1nc1cc(F)c(C)c3c1c2[C@@H](NC(=O)COCNC(=O)[C@H](CCCNC(N)=O)NC(=O)[C@@H](NC(=O)[C@H](CCC(=O)NC[C@H]1O[C@@H](CC(N)=O)[C@H](O)[C@@H]1O)NC(=O)CCNC(=O)CN1C(=O)C=CC1=O)C(C)C)CC3. The third-order valence-corrected chi connectivity index (χ3v) is 16.7. The van der Waals surface area contributed by atoms with Crippen LogP contribution in [0.4, 0.5) is 9.18 Å². The quantitative estimate of drug-likeness (QED) is 0.0107. The van der Waals surface area contributed by atoms with Crippen molar-refractivity contribution in [1.29, 1.82) is 0 Å². The Bertz CT molecular complexity index is 3580. The van der Waals surface area contributed by atoms with E-state index in [1.807, 2.05) is 0 Å². The molecule has 0 saturated carbocycles. The average molecular weight is 1290 g/mol. The van der Waals surface area contributed by atoms with E-state index in [9.17, 15) is 77.6 Å². The Morgan fingerprint density at radius 2 is 1.52 bits per heavy atom. The number of pyridine rings is 2. The Kier molecular flexibility index (Phi) is 21.9. The number of carbonyl (C=O) groups is 12. The summed E-state index contributed by atoms with van der Waals surface area (Å²) >= 11 is 0. The number of amides is 12. The molecule has 32 nitrogen and oxygen atoms in total. The number of aryl methyl sites for hydroxylation is 1. The maximum Gasteiger partial charge on any atom is 0.343 e. The third kappa shape index (κ3) is 15.4. The van der Waals surface area contributed by atoms with Crippen molar-refractivity contribution in [1.82, 2.24) is 57.0 Å². The second kappa shape index (κ2) is 29.3. The Labute approximate surface area is 523 Å². The van der Waals surface area contributed by atoms with Crippen LogP contribution in [0.2, 0.25) is 0 Å². The number of esters is 1. The number of urea groups is 1. The zero-order valence-corrected chi connectivity index (χ0v) is 50.8. The van der Waals surface area contributed by atoms with Crippen LogP contribution in [0.25, 0.3) is 22.3 Å². The molecule has 4 aliphatic heterocycles. The molecule has 33 heteroatoms. The molecule has 0 unspecified atom stereocenters. The number of rotatable bonds is 29. The zero-order chi connectivity index (χ0) is 67.0. The molecule has 8 rings (SSSR count). The second-order valence-corrected chi connectivity index (χ2v) is 23.3. The van der Waals surface area contributed by atoms with Gasteiger partial charge in [-0.1, -0.05) is 20.8 Å². The van der Waals surface area contributed by atoms with Crippen LogP contribution in [0.1, 0.15) is 112 Å². The minimum atomic E-state index is -2.11. The smallest absolute Gasteiger partial charge is 0.343 e. The van der Waals surface area contributed by atoms with Crippen LogP contribution >= 0.6 is 0 Å². The molecular weight excluding hydrogens is 1210 g/mol. The number of aliphatic hydroxyl groups excluding tert-OH is 2. The maximum atomic E-state index is 15.5. The van der Waals surface area contributed by atoms with Gasteiger partial charge in [-0.25, -0.2) is 19.0 Å². The minimum Gasteiger partial charge on any atom is -0.458 e. The molecule has 0 bridgehead atoms. The van der Waals surface area contributed by atoms with Gasteiger partial charge in [-0.2, -0.15) is 0 Å². The Hall–Kier alpha value is -9.31. The van der Waals surface area contributed by atoms with Crippen molar-refractivity contribution in [3.63, 3.8) is 0 Å². The van der Waals surface area contributed by atoms with Crippen molar-refractivity contribution in [2.45, 2.75) is 153 Å². The van der Waals surface area contributed by atoms with E-state index in [2.05, 4.69) is 42.5 Å². The number of hydrogen-bond acceptors (Lipinski definition) is 20. The van der Waals surface area contributed by atoms with Crippen LogP contribution in [-0.4, -0.2) is 183 Å². The van der Waals surface area contributed by atoms with Crippen LogP contribution < -0.4 is 59.6 Å². The summed E-state index contributed by atoms with van der Waals surface area (Å²) in [4.78, 5) is 174. The van der Waals surface area contributed by atoms with E-state index in [1.54, 1.807) is 27.7 Å². The summed E-state index contributed by atoms with van der Waals surface area (Å²) < 4.78 is 33.3. The lowest BCUT2D eigenvalue weighted by Gasteiger charge is -2.31. The lowest BCUT2D eigenvalue weighted by molar-refractivity contribution is -0.172. The van der Waals surface area contributed by atoms with E-state index in [0.29, 0.717) is 44.7 Å². The zero-order valence-electron chi connectivity index (χ0n) is 50.8. The number of aliphatic hydroxyl groups is 3. The van der Waals surface area contributed by atoms with Gasteiger partial charge in [0, 0.05) is 67.2 Å². The third-order valence-electron chi connectivity index (χ3n) is 16.7. The van der Waals surface area contributed by atoms with E-state index in [0.717, 1.165) is 12.2 Å². The summed E-state index contributed by atoms with van der Waals surface area (Å²) in [5.74, 6) is -10.1. The Balaban J connectivity index is 0.909. The van der Waals surface area contributed by atoms with Crippen LogP contribution in [0.3, 0.4) is 0 Å². The lowest BCUT2D eigenvalue weighted by Crippen LogP contribution is -2.58. The van der Waals surface area contributed by atoms with Crippen LogP contribution in [0.15, 0.2) is 29.1 Å². The first-order valence-corrected chi connectivity index (χ1v) is 29.9. The highest BCUT2D eigenvalue weighted by Gasteiger charge is 2.47. The number of nitrogens with one attached hydrogen (secondary N) is 8. The molecule has 12 amide bonds. The van der Waals surface area contributed by atoms with Crippen LogP contribution in [-0.2, 0) is 92.1 Å². The maximum absolute atomic E-state index is 15.5. The van der Waals surface area contributed by atoms with Crippen molar-refractivity contribution < 1.29 is 91.5 Å². The summed E-state index contributed by atoms with van der Waals surface area (Å²) in [6.45, 7) is 3.38. The molecule has 3 aromatic rings. The van der Waals surface area contributed by atoms with Gasteiger partial charge in [0.1, 0.15) is 68.7 Å². The van der Waals surface area contributed by atoms with Gasteiger partial charge in [0.05, 0.1) is 47.6 Å². The first kappa shape index (κ1) is 68.6. The summed E-state index contributed by atoms with van der Waals surface area (Å²) in [5, 5.41) is 53.2. The molecule has 2 aromatic heterocycles. The van der Waals surface area contributed by atoms with Gasteiger partial charge in [0.2, 0.25) is 47.3 Å². The minimum absolute atomic E-state index is 0.0128. The Morgan fingerprint density at radius 1 is 0.815 bits per heavy atom. The number of imide groups is 1. The van der Waals surface area contributed by atoms with Gasteiger partial charge in [0.15, 0.2) is 5.60 Å². The number of carbonyl (C=O) groups excluding carboxylic acids is 12. The molecule has 0 spiro atoms. The monoisotopic (exact) mass is 1290 g/mol. The number of nitrogens with zero attached hydrogens (tertiary/aromatic N) is 3. The fraction of sp³-hybridized carbons (Fsp3) is 0.525. The van der Waals surface area contributed by atoms with Crippen molar-refractivity contribution >= 4 is 82.0 Å². The molecule has 92 heavy (non-hydrogen) atoms. The predicted octanol–water partition coefficient (Wildman–Crippen LogP) is -4.03. The normalized spacial score (nSPS) is 21.1. The van der Waals surface area contributed by atoms with Gasteiger partial charge in [-0.15, -0.1) is 0 Å². The highest BCUT2D eigenvalue weighted by Crippen LogP contribution is 2.46. The summed E-state index contributed by atoms with van der Waals surface area (Å²) in [6.07, 6.45) is -4.62. The van der Waals surface area contributed by atoms with Crippen LogP contribution in [0, 0.1) is 18.7 Å². The molecule has 496 valence electrons. The van der Waals surface area contributed by atoms with E-state index in [1.165, 1.54) is 16.7 Å². The molecule has 1 saturated heterocycles. The van der Waals surface area contributed by atoms with Crippen molar-refractivity contribution in [2.24, 2.45) is 17.4 Å². The molecule has 1 aromatic carbocycles. The number of fused-ring (bicyclic) bond motifs is 5. The van der Waals surface area contributed by atoms with E-state index < -0.39 is 188 Å². The number of cyclic esters (lactones) is 1. The predicted molar refractivity (Wildman–Crippen MR) is 315 cm³/mol. The van der Waals surface area contributed by atoms with Gasteiger partial charge < -0.3 is 88.1 Å². The number of primary amides is 2. The fourth-order valence-corrected chi connectivity index (χ4v) is 11.7. The highest BCUT2D eigenvalue weighted by molar-refractivity contribution is 6.14. The number of nitrogens with two attached hydrogens (primary N) is 2. The van der Waals surface area contributed by atoms with E-state index in [4.69, 9.17) is 30.7 Å². The number of halogens is 1. The standard InChI is InChI=1S/C59H74FN13O19/c1-5-59(89)31-17-37-50-29(21-72(37)56(86)30(31)23-91-57(59)87)48-33(9-8-28-27(4)32(60)18-36(69-50)47(28)48)67-44(78)24-90-25-66-53(83)34(7-6-15-64-58(62)88)70-55(85)49(26(2)3)71-54(84)35(68-42(76)14-16-63-43(77)22-73-45(79)12-13-46(73)80)10-11-41(75)65-20-39-52(82)51(81)38(92-39)19-40(61)74/h12-13,17-18,26,33-35,38-39,49,51-52,81-82,89H,5-11,14-16,19-25H2,1-4H3,(H2,61,74)(H,63,77)(H,65,75)(H,66,83)(H,67,78)(H,68,76)(H,70,85)(H,71,84)(H3,62,64,88)/t33-,34-,35-,38-,39+,49-,51-,52+,59-/m0/s1. The van der Waals surface area contributed by atoms with Crippen molar-refractivity contribution in [2.75, 3.05) is 39.5 Å². The lowest BCUT2D eigenvalue weighted by atomic mass is 9.81. The molecular formula is C59H74FN13O19. The number of aromatic nitrogens is 2. The first-order chi connectivity index (χ1) is 43.6. The topological polar surface area (TPSA) is 480 Å². The van der Waals surface area contributed by atoms with Crippen LogP contribution in [0.5, 0.6) is 0 Å². The van der Waals surface area contributed by atoms with Crippen molar-refractivity contribution in [3.05, 3.63) is 73.8 Å². The molecule has 15 N–H and O–H groups in total. The number of hydrogen-bond donors (Lipinski definition) is 13. The molecule has 9 atom stereocenters. The van der Waals surface area contributed by atoms with E-state index >= 15 is 4.39 Å².